The van der Waals surface area contributed by atoms with E-state index in [2.05, 4.69) is 20.6 Å². The third-order valence-electron chi connectivity index (χ3n) is 4.40. The Bertz CT molecular complexity index is 1240. The number of aromatic nitrogens is 1. The summed E-state index contributed by atoms with van der Waals surface area (Å²) in [5.74, 6) is -0.607. The molecule has 7 nitrogen and oxygen atoms in total. The number of amides is 2. The van der Waals surface area contributed by atoms with Crippen LogP contribution in [0.4, 0.5) is 5.69 Å². The van der Waals surface area contributed by atoms with Gasteiger partial charge in [-0.25, -0.2) is 4.99 Å². The van der Waals surface area contributed by atoms with Crippen LogP contribution in [0.15, 0.2) is 64.6 Å². The van der Waals surface area contributed by atoms with Crippen molar-refractivity contribution in [3.63, 3.8) is 0 Å². The maximum Gasteiger partial charge on any atom is 0.264 e. The summed E-state index contributed by atoms with van der Waals surface area (Å²) in [5, 5.41) is 15.8. The summed E-state index contributed by atoms with van der Waals surface area (Å²) >= 11 is 7.41. The quantitative estimate of drug-likeness (QED) is 0.514. The third kappa shape index (κ3) is 4.93. The van der Waals surface area contributed by atoms with E-state index in [-0.39, 0.29) is 25.0 Å². The molecule has 2 heterocycles. The van der Waals surface area contributed by atoms with Crippen LogP contribution in [0.2, 0.25) is 5.02 Å². The zero-order chi connectivity index (χ0) is 21.8. The fourth-order valence-corrected chi connectivity index (χ4v) is 3.93. The predicted octanol–water partition coefficient (Wildman–Crippen LogP) is 3.50. The molecule has 0 aliphatic carbocycles. The van der Waals surface area contributed by atoms with E-state index in [4.69, 9.17) is 16.7 Å². The number of pyridine rings is 1. The molecule has 0 unspecified atom stereocenters. The second-order valence-corrected chi connectivity index (χ2v) is 8.02. The van der Waals surface area contributed by atoms with E-state index in [1.165, 1.54) is 17.8 Å². The van der Waals surface area contributed by atoms with E-state index in [0.717, 1.165) is 16.5 Å². The Kier molecular flexibility index (Phi) is 6.31. The summed E-state index contributed by atoms with van der Waals surface area (Å²) in [6, 6.07) is 14.3. The molecule has 0 saturated carbocycles. The number of aliphatic imine (C=N–C) groups is 1. The Labute approximate surface area is 187 Å². The van der Waals surface area contributed by atoms with Crippen LogP contribution in [-0.4, -0.2) is 40.2 Å². The second-order valence-electron chi connectivity index (χ2n) is 6.58. The number of rotatable bonds is 5. The Morgan fingerprint density at radius 3 is 2.97 bits per heavy atom. The van der Waals surface area contributed by atoms with Gasteiger partial charge in [0, 0.05) is 23.7 Å². The van der Waals surface area contributed by atoms with Gasteiger partial charge in [-0.3, -0.25) is 14.6 Å². The number of hydrogen-bond acceptors (Lipinski definition) is 6. The van der Waals surface area contributed by atoms with Gasteiger partial charge in [-0.2, -0.15) is 0 Å². The molecule has 0 atom stereocenters. The zero-order valence-corrected chi connectivity index (χ0v) is 17.7. The molecular formula is C22H17ClN4O3S. The van der Waals surface area contributed by atoms with Crippen LogP contribution in [0, 0.1) is 0 Å². The summed E-state index contributed by atoms with van der Waals surface area (Å²) in [5.41, 5.74) is 2.47. The van der Waals surface area contributed by atoms with Crippen molar-refractivity contribution in [3.8, 4) is 0 Å². The van der Waals surface area contributed by atoms with Crippen molar-refractivity contribution in [2.45, 2.75) is 0 Å². The van der Waals surface area contributed by atoms with Crippen molar-refractivity contribution >= 4 is 63.0 Å². The number of fused-ring (bicyclic) bond motifs is 1. The minimum Gasteiger partial charge on any atom is -0.395 e. The van der Waals surface area contributed by atoms with Gasteiger partial charge in [-0.1, -0.05) is 23.7 Å². The SMILES string of the molecule is O=C1NC(=Nc2cc(C(=O)NCCO)ccc2Cl)S/C1=C/c1ccc2ncccc2c1. The first kappa shape index (κ1) is 21.0. The maximum absolute atomic E-state index is 12.4. The van der Waals surface area contributed by atoms with Gasteiger partial charge in [0.05, 0.1) is 27.7 Å². The number of halogens is 1. The van der Waals surface area contributed by atoms with Crippen LogP contribution in [0.5, 0.6) is 0 Å². The number of thioether (sulfide) groups is 1. The second kappa shape index (κ2) is 9.30. The van der Waals surface area contributed by atoms with E-state index in [0.29, 0.717) is 26.3 Å². The summed E-state index contributed by atoms with van der Waals surface area (Å²) in [7, 11) is 0. The number of aliphatic hydroxyl groups is 1. The molecule has 31 heavy (non-hydrogen) atoms. The van der Waals surface area contributed by atoms with E-state index in [1.54, 1.807) is 24.4 Å². The predicted molar refractivity (Wildman–Crippen MR) is 123 cm³/mol. The van der Waals surface area contributed by atoms with Crippen LogP contribution >= 0.6 is 23.4 Å². The van der Waals surface area contributed by atoms with Crippen LogP contribution in [0.3, 0.4) is 0 Å². The number of carbonyl (C=O) groups excluding carboxylic acids is 2. The number of benzene rings is 2. The van der Waals surface area contributed by atoms with Crippen LogP contribution in [0.1, 0.15) is 15.9 Å². The Morgan fingerprint density at radius 1 is 1.26 bits per heavy atom. The highest BCUT2D eigenvalue weighted by atomic mass is 35.5. The fraction of sp³-hybridized carbons (Fsp3) is 0.0909. The molecule has 1 saturated heterocycles. The van der Waals surface area contributed by atoms with Gasteiger partial charge < -0.3 is 15.7 Å². The zero-order valence-electron chi connectivity index (χ0n) is 16.1. The van der Waals surface area contributed by atoms with Crippen LogP contribution in [0.25, 0.3) is 17.0 Å². The molecule has 1 aromatic heterocycles. The summed E-state index contributed by atoms with van der Waals surface area (Å²) in [4.78, 5) is 33.7. The fourth-order valence-electron chi connectivity index (χ4n) is 2.94. The molecule has 1 fully saturated rings. The normalized spacial score (nSPS) is 16.1. The monoisotopic (exact) mass is 452 g/mol. The number of aliphatic hydroxyl groups excluding tert-OH is 1. The first-order chi connectivity index (χ1) is 15.0. The topological polar surface area (TPSA) is 104 Å². The molecule has 2 aromatic carbocycles. The van der Waals surface area contributed by atoms with Crippen molar-refractivity contribution in [2.75, 3.05) is 13.2 Å². The smallest absolute Gasteiger partial charge is 0.264 e. The van der Waals surface area contributed by atoms with Crippen molar-refractivity contribution in [1.29, 1.82) is 0 Å². The van der Waals surface area contributed by atoms with E-state index in [9.17, 15) is 9.59 Å². The minimum atomic E-state index is -0.346. The minimum absolute atomic E-state index is 0.149. The summed E-state index contributed by atoms with van der Waals surface area (Å²) in [6.45, 7) is -0.00377. The van der Waals surface area contributed by atoms with Gasteiger partial charge >= 0.3 is 0 Å². The lowest BCUT2D eigenvalue weighted by atomic mass is 10.1. The standard InChI is InChI=1S/C22H17ClN4O3S/c23-16-5-4-15(20(29)25-8-9-28)12-18(16)26-22-27-21(30)19(31-22)11-13-3-6-17-14(10-13)2-1-7-24-17/h1-7,10-12,28H,8-9H2,(H,25,29)(H,26,27,30)/b19-11+. The average molecular weight is 453 g/mol. The van der Waals surface area contributed by atoms with Gasteiger partial charge in [0.25, 0.3) is 11.8 Å². The Morgan fingerprint density at radius 2 is 2.13 bits per heavy atom. The first-order valence-electron chi connectivity index (χ1n) is 9.36. The Hall–Kier alpha value is -3.20. The van der Waals surface area contributed by atoms with Crippen molar-refractivity contribution in [1.82, 2.24) is 15.6 Å². The molecule has 9 heteroatoms. The van der Waals surface area contributed by atoms with Crippen LogP contribution < -0.4 is 10.6 Å². The molecule has 1 aliphatic heterocycles. The average Bonchev–Trinajstić information content (AvgIpc) is 3.12. The lowest BCUT2D eigenvalue weighted by Crippen LogP contribution is -2.26. The number of nitrogens with one attached hydrogen (secondary N) is 2. The number of carbonyl (C=O) groups is 2. The van der Waals surface area contributed by atoms with Crippen LogP contribution in [-0.2, 0) is 4.79 Å². The highest BCUT2D eigenvalue weighted by Gasteiger charge is 2.24. The largest absolute Gasteiger partial charge is 0.395 e. The molecule has 3 N–H and O–H groups in total. The van der Waals surface area contributed by atoms with E-state index >= 15 is 0 Å². The molecule has 3 aromatic rings. The van der Waals surface area contributed by atoms with Gasteiger partial charge in [-0.15, -0.1) is 0 Å². The molecule has 0 bridgehead atoms. The molecule has 156 valence electrons. The van der Waals surface area contributed by atoms with Gasteiger partial charge in [-0.05, 0) is 59.8 Å². The van der Waals surface area contributed by atoms with Crippen molar-refractivity contribution in [2.24, 2.45) is 4.99 Å². The molecule has 0 radical (unpaired) electrons. The molecule has 2 amide bonds. The van der Waals surface area contributed by atoms with E-state index < -0.39 is 0 Å². The highest BCUT2D eigenvalue weighted by Crippen LogP contribution is 2.32. The maximum atomic E-state index is 12.4. The number of hydrogen-bond donors (Lipinski definition) is 3. The molecule has 4 rings (SSSR count). The number of nitrogens with zero attached hydrogens (tertiary/aromatic N) is 2. The van der Waals surface area contributed by atoms with E-state index in [1.807, 2.05) is 30.3 Å². The Balaban J connectivity index is 1.57. The first-order valence-corrected chi connectivity index (χ1v) is 10.6. The molecule has 0 spiro atoms. The van der Waals surface area contributed by atoms with Crippen molar-refractivity contribution < 1.29 is 14.7 Å². The lowest BCUT2D eigenvalue weighted by Gasteiger charge is -2.05. The van der Waals surface area contributed by atoms with Crippen molar-refractivity contribution in [3.05, 3.63) is 75.8 Å². The molecular weight excluding hydrogens is 436 g/mol. The highest BCUT2D eigenvalue weighted by molar-refractivity contribution is 8.18. The van der Waals surface area contributed by atoms with Gasteiger partial charge in [0.15, 0.2) is 5.17 Å². The number of amidine groups is 1. The summed E-state index contributed by atoms with van der Waals surface area (Å²) in [6.07, 6.45) is 3.52. The van der Waals surface area contributed by atoms with Gasteiger partial charge in [0.1, 0.15) is 0 Å². The van der Waals surface area contributed by atoms with Gasteiger partial charge in [0.2, 0.25) is 0 Å². The molecule has 1 aliphatic rings. The summed E-state index contributed by atoms with van der Waals surface area (Å²) < 4.78 is 0. The third-order valence-corrected chi connectivity index (χ3v) is 5.63. The lowest BCUT2D eigenvalue weighted by molar-refractivity contribution is -0.115.